The Labute approximate surface area is 161 Å². The zero-order valence-electron chi connectivity index (χ0n) is 16.5. The average Bonchev–Trinajstić information content (AvgIpc) is 3.09. The maximum atomic E-state index is 11.7. The number of hydrogen-bond acceptors (Lipinski definition) is 5. The summed E-state index contributed by atoms with van der Waals surface area (Å²) in [6.45, 7) is 7.39. The van der Waals surface area contributed by atoms with Crippen LogP contribution in [0, 0.1) is 0 Å². The van der Waals surface area contributed by atoms with Crippen LogP contribution in [0.3, 0.4) is 0 Å². The Kier molecular flexibility index (Phi) is 9.82. The highest BCUT2D eigenvalue weighted by atomic mass is 16.6. The van der Waals surface area contributed by atoms with Crippen LogP contribution in [-0.2, 0) is 20.9 Å². The Hall–Kier alpha value is -2.12. The fourth-order valence-electron chi connectivity index (χ4n) is 2.53. The van der Waals surface area contributed by atoms with E-state index in [2.05, 4.69) is 0 Å². The molecule has 0 spiro atoms. The number of amides is 2. The zero-order valence-corrected chi connectivity index (χ0v) is 16.5. The highest BCUT2D eigenvalue weighted by molar-refractivity contribution is 5.84. The summed E-state index contributed by atoms with van der Waals surface area (Å²) < 4.78 is 10.5. The van der Waals surface area contributed by atoms with E-state index in [9.17, 15) is 9.59 Å². The van der Waals surface area contributed by atoms with Crippen LogP contribution in [0.25, 0.3) is 0 Å². The number of likely N-dealkylation sites (tertiary alicyclic amines) is 1. The van der Waals surface area contributed by atoms with Gasteiger partial charge >= 0.3 is 6.09 Å². The lowest BCUT2D eigenvalue weighted by atomic mass is 10.2. The third-order valence-electron chi connectivity index (χ3n) is 3.77. The van der Waals surface area contributed by atoms with Crippen LogP contribution in [-0.4, -0.2) is 53.4 Å². The van der Waals surface area contributed by atoms with Crippen LogP contribution in [0.15, 0.2) is 30.3 Å². The van der Waals surface area contributed by atoms with Crippen molar-refractivity contribution in [3.05, 3.63) is 35.9 Å². The van der Waals surface area contributed by atoms with Crippen molar-refractivity contribution in [3.63, 3.8) is 0 Å². The van der Waals surface area contributed by atoms with Gasteiger partial charge in [-0.2, -0.15) is 0 Å². The first-order valence-corrected chi connectivity index (χ1v) is 9.26. The molecule has 0 saturated carbocycles. The molecule has 0 radical (unpaired) electrons. The van der Waals surface area contributed by atoms with Crippen LogP contribution < -0.4 is 5.73 Å². The molecule has 0 bridgehead atoms. The van der Waals surface area contributed by atoms with E-state index in [0.29, 0.717) is 32.6 Å². The number of rotatable bonds is 6. The lowest BCUT2D eigenvalue weighted by molar-refractivity contribution is -0.122. The third-order valence-corrected chi connectivity index (χ3v) is 3.77. The summed E-state index contributed by atoms with van der Waals surface area (Å²) in [7, 11) is 0. The number of benzene rings is 1. The topological polar surface area (TPSA) is 102 Å². The van der Waals surface area contributed by atoms with Crippen LogP contribution >= 0.6 is 0 Å². The SMILES string of the molecule is CC(C)(C)OC(=O)N1CCCC1C(N)=O.OCCCOCc1ccccc1. The van der Waals surface area contributed by atoms with Crippen LogP contribution in [0.2, 0.25) is 0 Å². The fraction of sp³-hybridized carbons (Fsp3) is 0.600. The van der Waals surface area contributed by atoms with Crippen molar-refractivity contribution in [1.29, 1.82) is 0 Å². The second kappa shape index (κ2) is 11.6. The predicted molar refractivity (Wildman–Crippen MR) is 103 cm³/mol. The molecule has 1 aromatic carbocycles. The van der Waals surface area contributed by atoms with Crippen molar-refractivity contribution >= 4 is 12.0 Å². The molecule has 2 amide bonds. The van der Waals surface area contributed by atoms with E-state index in [-0.39, 0.29) is 6.61 Å². The van der Waals surface area contributed by atoms with Gasteiger partial charge in [0.2, 0.25) is 5.91 Å². The molecule has 7 nitrogen and oxygen atoms in total. The quantitative estimate of drug-likeness (QED) is 0.738. The van der Waals surface area contributed by atoms with E-state index >= 15 is 0 Å². The molecule has 1 saturated heterocycles. The van der Waals surface area contributed by atoms with Gasteiger partial charge in [-0.3, -0.25) is 9.69 Å². The van der Waals surface area contributed by atoms with Gasteiger partial charge in [0.15, 0.2) is 0 Å². The number of aliphatic hydroxyl groups is 1. The molecule has 1 unspecified atom stereocenters. The van der Waals surface area contributed by atoms with E-state index in [1.54, 1.807) is 20.8 Å². The standard InChI is InChI=1S/C10H18N2O3.C10H14O2/c1-10(2,3)15-9(14)12-6-4-5-7(12)8(11)13;11-7-4-8-12-9-10-5-2-1-3-6-10/h7H,4-6H2,1-3H3,(H2,11,13);1-3,5-6,11H,4,7-9H2. The molecule has 1 fully saturated rings. The first kappa shape index (κ1) is 22.9. The molecule has 1 aliphatic rings. The molecule has 1 aliphatic heterocycles. The summed E-state index contributed by atoms with van der Waals surface area (Å²) in [6, 6.07) is 9.52. The van der Waals surface area contributed by atoms with E-state index in [0.717, 1.165) is 6.42 Å². The Morgan fingerprint density at radius 1 is 1.26 bits per heavy atom. The smallest absolute Gasteiger partial charge is 0.410 e. The highest BCUT2D eigenvalue weighted by Gasteiger charge is 2.35. The largest absolute Gasteiger partial charge is 0.444 e. The van der Waals surface area contributed by atoms with E-state index < -0.39 is 23.6 Å². The summed E-state index contributed by atoms with van der Waals surface area (Å²) in [4.78, 5) is 24.1. The molecule has 0 aromatic heterocycles. The molecule has 3 N–H and O–H groups in total. The summed E-state index contributed by atoms with van der Waals surface area (Å²) in [5.41, 5.74) is 5.84. The molecule has 1 atom stereocenters. The number of carbonyl (C=O) groups excluding carboxylic acids is 2. The Bertz CT molecular complexity index is 571. The molecular weight excluding hydrogens is 348 g/mol. The second-order valence-corrected chi connectivity index (χ2v) is 7.35. The lowest BCUT2D eigenvalue weighted by Crippen LogP contribution is -2.45. The third kappa shape index (κ3) is 9.40. The average molecular weight is 380 g/mol. The normalized spacial score (nSPS) is 16.4. The van der Waals surface area contributed by atoms with Gasteiger partial charge in [-0.1, -0.05) is 30.3 Å². The van der Waals surface area contributed by atoms with E-state index in [1.165, 1.54) is 10.5 Å². The Balaban J connectivity index is 0.000000277. The molecule has 0 aliphatic carbocycles. The van der Waals surface area contributed by atoms with E-state index in [4.69, 9.17) is 20.3 Å². The monoisotopic (exact) mass is 380 g/mol. The van der Waals surface area contributed by atoms with Gasteiger partial charge in [-0.15, -0.1) is 0 Å². The number of hydrogen-bond donors (Lipinski definition) is 2. The number of carbonyl (C=O) groups is 2. The number of nitrogens with two attached hydrogens (primary N) is 1. The van der Waals surface area contributed by atoms with Crippen molar-refractivity contribution in [2.75, 3.05) is 19.8 Å². The molecule has 7 heteroatoms. The van der Waals surface area contributed by atoms with Gasteiger partial charge in [-0.05, 0) is 45.6 Å². The summed E-state index contributed by atoms with van der Waals surface area (Å²) in [5.74, 6) is -0.460. The van der Waals surface area contributed by atoms with Gasteiger partial charge in [0.25, 0.3) is 0 Å². The lowest BCUT2D eigenvalue weighted by Gasteiger charge is -2.27. The maximum absolute atomic E-state index is 11.7. The van der Waals surface area contributed by atoms with Gasteiger partial charge in [0.1, 0.15) is 11.6 Å². The fourth-order valence-corrected chi connectivity index (χ4v) is 2.53. The molecule has 1 aromatic rings. The molecule has 152 valence electrons. The first-order valence-electron chi connectivity index (χ1n) is 9.26. The Morgan fingerprint density at radius 3 is 2.48 bits per heavy atom. The number of nitrogens with zero attached hydrogens (tertiary/aromatic N) is 1. The minimum absolute atomic E-state index is 0.203. The number of primary amides is 1. The maximum Gasteiger partial charge on any atom is 0.410 e. The van der Waals surface area contributed by atoms with Crippen molar-refractivity contribution in [2.45, 2.75) is 58.3 Å². The minimum Gasteiger partial charge on any atom is -0.444 e. The molecule has 1 heterocycles. The Morgan fingerprint density at radius 2 is 1.93 bits per heavy atom. The van der Waals surface area contributed by atoms with Crippen LogP contribution in [0.1, 0.15) is 45.6 Å². The van der Waals surface area contributed by atoms with Gasteiger partial charge in [-0.25, -0.2) is 4.79 Å². The molecule has 2 rings (SSSR count). The molecular formula is C20H32N2O5. The van der Waals surface area contributed by atoms with Gasteiger partial charge in [0.05, 0.1) is 6.61 Å². The highest BCUT2D eigenvalue weighted by Crippen LogP contribution is 2.20. The van der Waals surface area contributed by atoms with Crippen molar-refractivity contribution in [2.24, 2.45) is 5.73 Å². The minimum atomic E-state index is -0.540. The van der Waals surface area contributed by atoms with Crippen LogP contribution in [0.5, 0.6) is 0 Å². The predicted octanol–water partition coefficient (Wildman–Crippen LogP) is 2.46. The van der Waals surface area contributed by atoms with Crippen molar-refractivity contribution in [1.82, 2.24) is 4.90 Å². The van der Waals surface area contributed by atoms with Crippen molar-refractivity contribution < 1.29 is 24.2 Å². The molecule has 27 heavy (non-hydrogen) atoms. The van der Waals surface area contributed by atoms with Crippen LogP contribution in [0.4, 0.5) is 4.79 Å². The zero-order chi connectivity index (χ0) is 20.3. The number of ether oxygens (including phenoxy) is 2. The summed E-state index contributed by atoms with van der Waals surface area (Å²) >= 11 is 0. The van der Waals surface area contributed by atoms with E-state index in [1.807, 2.05) is 30.3 Å². The second-order valence-electron chi connectivity index (χ2n) is 7.35. The summed E-state index contributed by atoms with van der Waals surface area (Å²) in [5, 5.41) is 8.48. The van der Waals surface area contributed by atoms with Gasteiger partial charge in [0, 0.05) is 19.8 Å². The first-order chi connectivity index (χ1) is 12.7. The van der Waals surface area contributed by atoms with Gasteiger partial charge < -0.3 is 20.3 Å². The van der Waals surface area contributed by atoms with Crippen molar-refractivity contribution in [3.8, 4) is 0 Å². The summed E-state index contributed by atoms with van der Waals surface area (Å²) in [6.07, 6.45) is 1.69. The number of aliphatic hydroxyl groups excluding tert-OH is 1.